The van der Waals surface area contributed by atoms with Gasteiger partial charge >= 0.3 is 17.9 Å². The highest BCUT2D eigenvalue weighted by molar-refractivity contribution is 7.13. The van der Waals surface area contributed by atoms with Crippen LogP contribution in [0.5, 0.6) is 5.75 Å². The molecule has 2 bridgehead atoms. The van der Waals surface area contributed by atoms with Gasteiger partial charge in [0.1, 0.15) is 16.2 Å². The summed E-state index contributed by atoms with van der Waals surface area (Å²) >= 11 is 1.57. The summed E-state index contributed by atoms with van der Waals surface area (Å²) in [6.07, 6.45) is 8.16. The van der Waals surface area contributed by atoms with Crippen molar-refractivity contribution in [2.75, 3.05) is 59.5 Å². The average Bonchev–Trinajstić information content (AvgIpc) is 4.10. The number of fused-ring (bicyclic) bond motifs is 6. The lowest BCUT2D eigenvalue weighted by atomic mass is 9.47. The molecular formula is C49H59N5O9S. The molecule has 1 spiro atoms. The Labute approximate surface area is 377 Å². The van der Waals surface area contributed by atoms with Gasteiger partial charge in [-0.3, -0.25) is 14.5 Å². The molecule has 340 valence electrons. The molecule has 10 atom stereocenters. The van der Waals surface area contributed by atoms with Gasteiger partial charge in [-0.25, -0.2) is 9.78 Å². The second kappa shape index (κ2) is 15.0. The summed E-state index contributed by atoms with van der Waals surface area (Å²) in [4.78, 5) is 58.2. The van der Waals surface area contributed by atoms with Crippen LogP contribution in [0.15, 0.2) is 54.2 Å². The molecule has 2 aromatic carbocycles. The number of piperidine rings is 1. The summed E-state index contributed by atoms with van der Waals surface area (Å²) < 4.78 is 24.2. The number of nitrogens with one attached hydrogen (secondary N) is 1. The molecule has 2 aromatic heterocycles. The zero-order chi connectivity index (χ0) is 45.1. The van der Waals surface area contributed by atoms with E-state index >= 15 is 4.79 Å². The molecule has 10 rings (SSSR count). The van der Waals surface area contributed by atoms with Crippen LogP contribution < -0.4 is 9.64 Å². The van der Waals surface area contributed by atoms with Gasteiger partial charge in [-0.2, -0.15) is 0 Å². The number of nitrogens with zero attached hydrogens (tertiary/aromatic N) is 4. The van der Waals surface area contributed by atoms with Crippen molar-refractivity contribution >= 4 is 45.8 Å². The minimum absolute atomic E-state index is 0.130. The predicted molar refractivity (Wildman–Crippen MR) is 241 cm³/mol. The summed E-state index contributed by atoms with van der Waals surface area (Å²) in [5.74, 6) is -1.62. The molecule has 7 heterocycles. The van der Waals surface area contributed by atoms with E-state index in [1.54, 1.807) is 24.6 Å². The van der Waals surface area contributed by atoms with Gasteiger partial charge in [-0.1, -0.05) is 19.9 Å². The van der Waals surface area contributed by atoms with E-state index < -0.39 is 57.5 Å². The maximum atomic E-state index is 15.6. The Hall–Kier alpha value is -4.96. The van der Waals surface area contributed by atoms with E-state index in [0.717, 1.165) is 44.0 Å². The number of carbonyl (C=O) groups is 3. The molecule has 3 fully saturated rings. The van der Waals surface area contributed by atoms with Crippen molar-refractivity contribution in [1.29, 1.82) is 0 Å². The lowest BCUT2D eigenvalue weighted by Crippen LogP contribution is -2.81. The predicted octanol–water partition coefficient (Wildman–Crippen LogP) is 5.46. The van der Waals surface area contributed by atoms with E-state index in [2.05, 4.69) is 56.3 Å². The van der Waals surface area contributed by atoms with Crippen LogP contribution in [0.3, 0.4) is 0 Å². The van der Waals surface area contributed by atoms with E-state index in [1.165, 1.54) is 21.1 Å². The van der Waals surface area contributed by atoms with Crippen molar-refractivity contribution in [3.63, 3.8) is 0 Å². The number of methoxy groups -OCH3 is 3. The molecule has 14 nitrogen and oxygen atoms in total. The number of ether oxygens (including phenoxy) is 4. The second-order valence-electron chi connectivity index (χ2n) is 19.3. The van der Waals surface area contributed by atoms with Crippen LogP contribution in [0, 0.1) is 11.3 Å². The van der Waals surface area contributed by atoms with Crippen LogP contribution in [-0.4, -0.2) is 132 Å². The first-order valence-corrected chi connectivity index (χ1v) is 23.5. The highest BCUT2D eigenvalue weighted by Gasteiger charge is 2.80. The number of hydrogen-bond acceptors (Lipinski definition) is 14. The zero-order valence-corrected chi connectivity index (χ0v) is 38.5. The van der Waals surface area contributed by atoms with Gasteiger partial charge in [-0.05, 0) is 92.5 Å². The molecule has 0 radical (unpaired) electrons. The Morgan fingerprint density at radius 3 is 2.47 bits per heavy atom. The number of benzene rings is 2. The number of aromatic nitrogens is 2. The largest absolute Gasteiger partial charge is 0.496 e. The number of esters is 3. The van der Waals surface area contributed by atoms with Crippen molar-refractivity contribution in [3.8, 4) is 16.3 Å². The summed E-state index contributed by atoms with van der Waals surface area (Å²) in [5, 5.41) is 29.4. The van der Waals surface area contributed by atoms with E-state index in [4.69, 9.17) is 18.9 Å². The molecule has 0 amide bonds. The van der Waals surface area contributed by atoms with Gasteiger partial charge in [0, 0.05) is 108 Å². The Kier molecular flexibility index (Phi) is 10.1. The normalized spacial score (nSPS) is 34.7. The number of anilines is 1. The first-order chi connectivity index (χ1) is 30.7. The lowest BCUT2D eigenvalue weighted by molar-refractivity contribution is -0.235. The first-order valence-electron chi connectivity index (χ1n) is 22.6. The summed E-state index contributed by atoms with van der Waals surface area (Å²) in [7, 11) is 6.16. The fourth-order valence-electron chi connectivity index (χ4n) is 14.1. The van der Waals surface area contributed by atoms with Gasteiger partial charge in [0.2, 0.25) is 5.60 Å². The molecule has 64 heavy (non-hydrogen) atoms. The van der Waals surface area contributed by atoms with Crippen LogP contribution in [0.1, 0.15) is 81.7 Å². The first kappa shape index (κ1) is 43.0. The average molecular weight is 894 g/mol. The lowest BCUT2D eigenvalue weighted by Gasteiger charge is -2.64. The maximum absolute atomic E-state index is 15.6. The number of carbonyl (C=O) groups excluding carboxylic acids is 3. The molecule has 15 heteroatoms. The van der Waals surface area contributed by atoms with Crippen molar-refractivity contribution in [2.24, 2.45) is 11.3 Å². The monoisotopic (exact) mass is 893 g/mol. The quantitative estimate of drug-likeness (QED) is 0.151. The Morgan fingerprint density at radius 1 is 0.984 bits per heavy atom. The topological polar surface area (TPSA) is 167 Å². The highest BCUT2D eigenvalue weighted by atomic mass is 32.1. The number of aromatic amines is 1. The third kappa shape index (κ3) is 5.65. The highest BCUT2D eigenvalue weighted by Crippen LogP contribution is 2.69. The van der Waals surface area contributed by atoms with Gasteiger partial charge in [0.25, 0.3) is 0 Å². The van der Waals surface area contributed by atoms with E-state index in [9.17, 15) is 19.8 Å². The van der Waals surface area contributed by atoms with E-state index in [0.29, 0.717) is 82.4 Å². The third-order valence-corrected chi connectivity index (χ3v) is 17.3. The van der Waals surface area contributed by atoms with Crippen molar-refractivity contribution < 1.29 is 43.5 Å². The van der Waals surface area contributed by atoms with Gasteiger partial charge in [0.05, 0.1) is 33.0 Å². The number of hydrogen-bond donors (Lipinski definition) is 3. The number of thiazole rings is 1. The fraction of sp³-hybridized carbons (Fsp3) is 0.551. The van der Waals surface area contributed by atoms with Crippen molar-refractivity contribution in [3.05, 3.63) is 76.6 Å². The molecule has 4 aromatic rings. The number of rotatable bonds is 8. The molecule has 3 N–H and O–H groups in total. The minimum Gasteiger partial charge on any atom is -0.496 e. The summed E-state index contributed by atoms with van der Waals surface area (Å²) in [5.41, 5.74) is -0.822. The third-order valence-electron chi connectivity index (χ3n) is 16.5. The molecule has 6 aliphatic rings. The number of H-pyrrole nitrogens is 1. The number of likely N-dealkylation sites (N-methyl/N-ethyl adjacent to an activating group) is 1. The SMILES string of the molecule is CC[C@]1(O)C[C@H]2CN(CCc3c([nH]c4ccc(-c5nccs5)cc34)[C@@](C(=O)OC)(c3cc4c(cc3OC)N(C)[C@H]3[C@@](O)(C(=O)OC)[C@H](OC(C)=O)[C@]5(CC)CC=CN6CC[C@]43[C@@H]65)C2)C1. The van der Waals surface area contributed by atoms with E-state index in [1.807, 2.05) is 37.2 Å². The number of allylic oxidation sites excluding steroid dienone is 1. The molecule has 1 saturated carbocycles. The molecule has 1 aliphatic carbocycles. The van der Waals surface area contributed by atoms with Gasteiger partial charge in [0.15, 0.2) is 6.10 Å². The Balaban J connectivity index is 1.28. The molecule has 1 unspecified atom stereocenters. The second-order valence-corrected chi connectivity index (χ2v) is 20.2. The fourth-order valence-corrected chi connectivity index (χ4v) is 14.7. The molecule has 5 aliphatic heterocycles. The Bertz CT molecular complexity index is 2580. The minimum atomic E-state index is -2.30. The van der Waals surface area contributed by atoms with Gasteiger partial charge < -0.3 is 43.9 Å². The molecular weight excluding hydrogens is 835 g/mol. The standard InChI is InChI=1S/C49H59N5O9S/c1-8-45(58)24-29-25-48(43(56)61-6,38-31(13-18-53(26-29)27-45)32-21-30(11-12-35(32)51-38)39-50-16-20-64-39)34-22-33-36(23-37(34)60-5)52(4)41-47(33)15-19-54-17-10-14-46(9-2,40(47)54)42(63-28(3)55)49(41,59)44(57)62-7/h10-12,16-17,20-23,29,40-42,51,58-59H,8-9,13-15,18-19,24-27H2,1-7H3/t29-,40+,41-,42-,45+,46-,47-,48+,49+/m1/s1. The number of aliphatic hydroxyl groups is 2. The van der Waals surface area contributed by atoms with Crippen molar-refractivity contribution in [2.45, 2.75) is 106 Å². The van der Waals surface area contributed by atoms with Crippen LogP contribution >= 0.6 is 11.3 Å². The van der Waals surface area contributed by atoms with Crippen LogP contribution in [0.2, 0.25) is 0 Å². The van der Waals surface area contributed by atoms with E-state index in [-0.39, 0.29) is 12.0 Å². The molecule has 2 saturated heterocycles. The zero-order valence-electron chi connectivity index (χ0n) is 37.7. The van der Waals surface area contributed by atoms with Crippen molar-refractivity contribution in [1.82, 2.24) is 19.8 Å². The van der Waals surface area contributed by atoms with Crippen LogP contribution in [0.25, 0.3) is 21.5 Å². The van der Waals surface area contributed by atoms with Gasteiger partial charge in [-0.15, -0.1) is 11.3 Å². The summed E-state index contributed by atoms with van der Waals surface area (Å²) in [6, 6.07) is 9.06. The maximum Gasteiger partial charge on any atom is 0.344 e. The smallest absolute Gasteiger partial charge is 0.344 e. The van der Waals surface area contributed by atoms with Crippen LogP contribution in [0.4, 0.5) is 5.69 Å². The summed E-state index contributed by atoms with van der Waals surface area (Å²) in [6.45, 7) is 7.87. The van der Waals surface area contributed by atoms with Crippen LogP contribution in [-0.2, 0) is 45.8 Å². The Morgan fingerprint density at radius 2 is 1.78 bits per heavy atom.